The van der Waals surface area contributed by atoms with Crippen molar-refractivity contribution in [3.8, 4) is 17.3 Å². The molecule has 9 heteroatoms. The standard InChI is InChI=1S/C22H16F3N5S/c1-12-19(21-30-17(11-31-21)15-5-3-14(9-26)4-6-15)20(29-13(2)28-12)16-7-8-18(27-10-16)22(23,24)25/h3-8,10-11,20,28-29H,2H2,1H3. The normalized spacial score (nSPS) is 16.5. The van der Waals surface area contributed by atoms with Crippen molar-refractivity contribution >= 4 is 16.9 Å². The molecular formula is C22H16F3N5S. The van der Waals surface area contributed by atoms with E-state index in [1.54, 1.807) is 12.1 Å². The Bertz CT molecular complexity index is 1200. The number of aromatic nitrogens is 2. The number of nitrogens with zero attached hydrogens (tertiary/aromatic N) is 3. The number of hydrogen-bond acceptors (Lipinski definition) is 6. The number of allylic oxidation sites excluding steroid dienone is 1. The minimum absolute atomic E-state index is 0.455. The summed E-state index contributed by atoms with van der Waals surface area (Å²) >= 11 is 1.43. The number of alkyl halides is 3. The van der Waals surface area contributed by atoms with Gasteiger partial charge in [0.1, 0.15) is 10.7 Å². The van der Waals surface area contributed by atoms with E-state index in [0.29, 0.717) is 22.0 Å². The van der Waals surface area contributed by atoms with Crippen molar-refractivity contribution in [3.63, 3.8) is 0 Å². The lowest BCUT2D eigenvalue weighted by Gasteiger charge is -2.31. The zero-order valence-corrected chi connectivity index (χ0v) is 17.1. The van der Waals surface area contributed by atoms with Gasteiger partial charge in [0.15, 0.2) is 0 Å². The van der Waals surface area contributed by atoms with Gasteiger partial charge in [0.25, 0.3) is 0 Å². The lowest BCUT2D eigenvalue weighted by Crippen LogP contribution is -2.35. The molecule has 0 aliphatic carbocycles. The highest BCUT2D eigenvalue weighted by atomic mass is 32.1. The summed E-state index contributed by atoms with van der Waals surface area (Å²) in [6, 6.07) is 11.1. The fourth-order valence-corrected chi connectivity index (χ4v) is 4.28. The van der Waals surface area contributed by atoms with E-state index in [4.69, 9.17) is 10.2 Å². The van der Waals surface area contributed by atoms with E-state index < -0.39 is 17.9 Å². The maximum Gasteiger partial charge on any atom is 0.433 e. The lowest BCUT2D eigenvalue weighted by molar-refractivity contribution is -0.141. The van der Waals surface area contributed by atoms with Crippen LogP contribution >= 0.6 is 11.3 Å². The van der Waals surface area contributed by atoms with Crippen LogP contribution < -0.4 is 10.6 Å². The van der Waals surface area contributed by atoms with Gasteiger partial charge in [0, 0.05) is 28.4 Å². The van der Waals surface area contributed by atoms with Crippen molar-refractivity contribution in [1.29, 1.82) is 5.26 Å². The van der Waals surface area contributed by atoms with Crippen LogP contribution in [0.4, 0.5) is 13.2 Å². The first-order chi connectivity index (χ1) is 14.8. The molecule has 5 nitrogen and oxygen atoms in total. The molecule has 0 saturated carbocycles. The molecule has 2 aromatic heterocycles. The second kappa shape index (κ2) is 7.89. The first-order valence-electron chi connectivity index (χ1n) is 9.19. The summed E-state index contributed by atoms with van der Waals surface area (Å²) in [6.07, 6.45) is -3.27. The molecule has 0 fully saturated rings. The molecule has 2 N–H and O–H groups in total. The number of nitrogens with one attached hydrogen (secondary N) is 2. The van der Waals surface area contributed by atoms with Crippen molar-refractivity contribution in [2.45, 2.75) is 19.1 Å². The van der Waals surface area contributed by atoms with Gasteiger partial charge in [-0.2, -0.15) is 18.4 Å². The third-order valence-electron chi connectivity index (χ3n) is 4.80. The smallest absolute Gasteiger partial charge is 0.361 e. The summed E-state index contributed by atoms with van der Waals surface area (Å²) in [4.78, 5) is 8.33. The van der Waals surface area contributed by atoms with E-state index in [9.17, 15) is 13.2 Å². The summed E-state index contributed by atoms with van der Waals surface area (Å²) in [5.74, 6) is 0.537. The number of benzene rings is 1. The van der Waals surface area contributed by atoms with E-state index in [2.05, 4.69) is 28.3 Å². The Balaban J connectivity index is 1.71. The minimum atomic E-state index is -4.50. The second-order valence-electron chi connectivity index (χ2n) is 6.92. The second-order valence-corrected chi connectivity index (χ2v) is 7.78. The van der Waals surface area contributed by atoms with Crippen LogP contribution in [0.2, 0.25) is 0 Å². The average Bonchev–Trinajstić information content (AvgIpc) is 3.22. The Morgan fingerprint density at radius 3 is 2.52 bits per heavy atom. The maximum atomic E-state index is 12.9. The van der Waals surface area contributed by atoms with Gasteiger partial charge in [-0.25, -0.2) is 4.98 Å². The SMILES string of the molecule is C=C1NC(C)=C(c2nc(-c3ccc(C#N)cc3)cs2)C(c2ccc(C(F)(F)F)nc2)N1. The van der Waals surface area contributed by atoms with Gasteiger partial charge < -0.3 is 10.6 Å². The summed E-state index contributed by atoms with van der Waals surface area (Å²) in [5, 5.41) is 17.9. The fraction of sp³-hybridized carbons (Fsp3) is 0.136. The number of hydrogen-bond donors (Lipinski definition) is 2. The van der Waals surface area contributed by atoms with Gasteiger partial charge in [0.05, 0.1) is 29.2 Å². The van der Waals surface area contributed by atoms with E-state index in [1.165, 1.54) is 23.6 Å². The molecular weight excluding hydrogens is 423 g/mol. The minimum Gasteiger partial charge on any atom is -0.361 e. The molecule has 1 aromatic carbocycles. The van der Waals surface area contributed by atoms with Crippen LogP contribution in [0, 0.1) is 11.3 Å². The van der Waals surface area contributed by atoms with E-state index in [-0.39, 0.29) is 0 Å². The molecule has 156 valence electrons. The largest absolute Gasteiger partial charge is 0.433 e. The monoisotopic (exact) mass is 439 g/mol. The van der Waals surface area contributed by atoms with Crippen LogP contribution in [0.25, 0.3) is 16.8 Å². The summed E-state index contributed by atoms with van der Waals surface area (Å²) in [5.41, 5.74) is 3.41. The van der Waals surface area contributed by atoms with Gasteiger partial charge in [-0.1, -0.05) is 24.8 Å². The van der Waals surface area contributed by atoms with E-state index in [0.717, 1.165) is 28.6 Å². The molecule has 0 spiro atoms. The van der Waals surface area contributed by atoms with Crippen LogP contribution in [0.15, 0.2) is 66.1 Å². The molecule has 0 radical (unpaired) electrons. The highest BCUT2D eigenvalue weighted by molar-refractivity contribution is 7.11. The zero-order valence-electron chi connectivity index (χ0n) is 16.3. The molecule has 0 amide bonds. The Hall–Kier alpha value is -3.64. The van der Waals surface area contributed by atoms with Crippen molar-refractivity contribution in [3.05, 3.63) is 87.9 Å². The molecule has 1 unspecified atom stereocenters. The predicted molar refractivity (Wildman–Crippen MR) is 112 cm³/mol. The summed E-state index contributed by atoms with van der Waals surface area (Å²) < 4.78 is 38.7. The predicted octanol–water partition coefficient (Wildman–Crippen LogP) is 5.23. The third kappa shape index (κ3) is 4.15. The van der Waals surface area contributed by atoms with Gasteiger partial charge in [-0.05, 0) is 30.7 Å². The number of halogens is 3. The molecule has 0 bridgehead atoms. The zero-order chi connectivity index (χ0) is 22.2. The quantitative estimate of drug-likeness (QED) is 0.585. The van der Waals surface area contributed by atoms with Gasteiger partial charge in [-0.15, -0.1) is 11.3 Å². The summed E-state index contributed by atoms with van der Waals surface area (Å²) in [6.45, 7) is 5.76. The van der Waals surface area contributed by atoms with Crippen LogP contribution in [0.5, 0.6) is 0 Å². The van der Waals surface area contributed by atoms with Gasteiger partial charge in [-0.3, -0.25) is 4.98 Å². The fourth-order valence-electron chi connectivity index (χ4n) is 3.32. The first kappa shape index (κ1) is 20.6. The third-order valence-corrected chi connectivity index (χ3v) is 5.68. The van der Waals surface area contributed by atoms with E-state index in [1.807, 2.05) is 24.4 Å². The summed E-state index contributed by atoms with van der Waals surface area (Å²) in [7, 11) is 0. The van der Waals surface area contributed by atoms with Crippen LogP contribution in [-0.2, 0) is 6.18 Å². The Morgan fingerprint density at radius 2 is 1.90 bits per heavy atom. The molecule has 3 aromatic rings. The lowest BCUT2D eigenvalue weighted by atomic mass is 9.96. The van der Waals surface area contributed by atoms with Crippen molar-refractivity contribution < 1.29 is 13.2 Å². The number of rotatable bonds is 3. The Labute approximate surface area is 180 Å². The van der Waals surface area contributed by atoms with E-state index >= 15 is 0 Å². The maximum absolute atomic E-state index is 12.9. The van der Waals surface area contributed by atoms with Crippen molar-refractivity contribution in [2.75, 3.05) is 0 Å². The topological polar surface area (TPSA) is 73.6 Å². The van der Waals surface area contributed by atoms with Crippen LogP contribution in [0.1, 0.15) is 34.8 Å². The first-order valence-corrected chi connectivity index (χ1v) is 10.1. The van der Waals surface area contributed by atoms with Crippen molar-refractivity contribution in [2.24, 2.45) is 0 Å². The van der Waals surface area contributed by atoms with Crippen molar-refractivity contribution in [1.82, 2.24) is 20.6 Å². The Kier molecular flexibility index (Phi) is 5.25. The van der Waals surface area contributed by atoms with Crippen LogP contribution in [-0.4, -0.2) is 9.97 Å². The Morgan fingerprint density at radius 1 is 1.16 bits per heavy atom. The van der Waals surface area contributed by atoms with Gasteiger partial charge >= 0.3 is 6.18 Å². The van der Waals surface area contributed by atoms with Gasteiger partial charge in [0.2, 0.25) is 0 Å². The number of nitriles is 1. The average molecular weight is 439 g/mol. The molecule has 0 saturated heterocycles. The highest BCUT2D eigenvalue weighted by Gasteiger charge is 2.33. The number of pyridine rings is 1. The molecule has 31 heavy (non-hydrogen) atoms. The molecule has 1 aliphatic rings. The molecule has 4 rings (SSSR count). The highest BCUT2D eigenvalue weighted by Crippen LogP contribution is 2.38. The van der Waals surface area contributed by atoms with Crippen LogP contribution in [0.3, 0.4) is 0 Å². The molecule has 1 atom stereocenters. The number of thiazole rings is 1. The molecule has 3 heterocycles. The molecule has 1 aliphatic heterocycles.